The van der Waals surface area contributed by atoms with Crippen LogP contribution in [-0.2, 0) is 4.79 Å². The van der Waals surface area contributed by atoms with Crippen LogP contribution in [0.1, 0.15) is 12.6 Å². The summed E-state index contributed by atoms with van der Waals surface area (Å²) in [4.78, 5) is 15.5. The summed E-state index contributed by atoms with van der Waals surface area (Å²) < 4.78 is 1.79. The van der Waals surface area contributed by atoms with Crippen molar-refractivity contribution in [2.45, 2.75) is 13.8 Å². The Kier molecular flexibility index (Phi) is 2.95. The second kappa shape index (κ2) is 4.77. The number of fused-ring (bicyclic) bond motifs is 1. The van der Waals surface area contributed by atoms with Gasteiger partial charge in [-0.2, -0.15) is 5.10 Å². The van der Waals surface area contributed by atoms with Crippen LogP contribution in [-0.4, -0.2) is 20.5 Å². The highest BCUT2D eigenvalue weighted by Gasteiger charge is 2.09. The van der Waals surface area contributed by atoms with E-state index in [1.165, 1.54) is 6.92 Å². The lowest BCUT2D eigenvalue weighted by Gasteiger charge is -2.09. The molecule has 100 valence electrons. The molecule has 5 nitrogen and oxygen atoms in total. The largest absolute Gasteiger partial charge is 0.326 e. The Labute approximate surface area is 116 Å². The maximum Gasteiger partial charge on any atom is 0.221 e. The number of nitrogens with zero attached hydrogens (tertiary/aromatic N) is 3. The highest BCUT2D eigenvalue weighted by atomic mass is 16.1. The molecule has 0 bridgehead atoms. The van der Waals surface area contributed by atoms with Gasteiger partial charge in [0, 0.05) is 12.5 Å². The lowest BCUT2D eigenvalue weighted by molar-refractivity contribution is -0.114. The topological polar surface area (TPSA) is 59.3 Å². The van der Waals surface area contributed by atoms with E-state index in [1.54, 1.807) is 10.7 Å². The Hall–Kier alpha value is -2.69. The van der Waals surface area contributed by atoms with Crippen LogP contribution >= 0.6 is 0 Å². The van der Waals surface area contributed by atoms with Crippen molar-refractivity contribution in [2.75, 3.05) is 5.32 Å². The van der Waals surface area contributed by atoms with Crippen molar-refractivity contribution >= 4 is 17.2 Å². The summed E-state index contributed by atoms with van der Waals surface area (Å²) in [5, 5.41) is 7.40. The Balaban J connectivity index is 2.15. The van der Waals surface area contributed by atoms with Crippen molar-refractivity contribution in [2.24, 2.45) is 0 Å². The van der Waals surface area contributed by atoms with E-state index < -0.39 is 0 Å². The van der Waals surface area contributed by atoms with Gasteiger partial charge in [0.1, 0.15) is 0 Å². The first-order chi connectivity index (χ1) is 9.65. The van der Waals surface area contributed by atoms with Crippen LogP contribution in [0.25, 0.3) is 16.9 Å². The molecule has 2 aromatic heterocycles. The van der Waals surface area contributed by atoms with Crippen LogP contribution in [0.3, 0.4) is 0 Å². The Morgan fingerprint density at radius 2 is 2.00 bits per heavy atom. The number of rotatable bonds is 2. The van der Waals surface area contributed by atoms with Gasteiger partial charge in [0.2, 0.25) is 5.91 Å². The van der Waals surface area contributed by atoms with Gasteiger partial charge in [-0.05, 0) is 25.1 Å². The standard InChI is InChI=1S/C15H14N4O/c1-10-9-16-15-8-7-14(18-19(10)15)12-5-3-4-6-13(12)17-11(2)20/h3-9H,1-2H3,(H,17,20). The summed E-state index contributed by atoms with van der Waals surface area (Å²) in [6.07, 6.45) is 1.78. The minimum atomic E-state index is -0.0997. The highest BCUT2D eigenvalue weighted by Crippen LogP contribution is 2.26. The van der Waals surface area contributed by atoms with Crippen molar-refractivity contribution < 1.29 is 4.79 Å². The van der Waals surface area contributed by atoms with Crippen LogP contribution in [0.15, 0.2) is 42.6 Å². The van der Waals surface area contributed by atoms with Gasteiger partial charge in [-0.3, -0.25) is 4.79 Å². The number of nitrogens with one attached hydrogen (secondary N) is 1. The first kappa shape index (κ1) is 12.3. The summed E-state index contributed by atoms with van der Waals surface area (Å²) in [7, 11) is 0. The number of imidazole rings is 1. The van der Waals surface area contributed by atoms with Crippen molar-refractivity contribution in [3.8, 4) is 11.3 Å². The molecule has 1 N–H and O–H groups in total. The molecule has 0 fully saturated rings. The fraction of sp³-hybridized carbons (Fsp3) is 0.133. The summed E-state index contributed by atoms with van der Waals surface area (Å²) >= 11 is 0. The van der Waals surface area contributed by atoms with Crippen LogP contribution in [0.5, 0.6) is 0 Å². The normalized spacial score (nSPS) is 10.7. The number of anilines is 1. The van der Waals surface area contributed by atoms with E-state index >= 15 is 0 Å². The number of benzene rings is 1. The van der Waals surface area contributed by atoms with Crippen LogP contribution in [0, 0.1) is 6.92 Å². The Morgan fingerprint density at radius 3 is 2.80 bits per heavy atom. The molecule has 0 radical (unpaired) electrons. The minimum Gasteiger partial charge on any atom is -0.326 e. The number of hydrogen-bond donors (Lipinski definition) is 1. The summed E-state index contributed by atoms with van der Waals surface area (Å²) in [5.74, 6) is -0.0997. The van der Waals surface area contributed by atoms with Crippen LogP contribution in [0.2, 0.25) is 0 Å². The molecule has 0 unspecified atom stereocenters. The van der Waals surface area contributed by atoms with Gasteiger partial charge in [0.15, 0.2) is 5.65 Å². The second-order valence-electron chi connectivity index (χ2n) is 4.61. The van der Waals surface area contributed by atoms with Crippen LogP contribution < -0.4 is 5.32 Å². The van der Waals surface area contributed by atoms with Gasteiger partial charge in [-0.15, -0.1) is 0 Å². The predicted molar refractivity (Wildman–Crippen MR) is 77.5 cm³/mol. The molecule has 3 rings (SSSR count). The molecule has 20 heavy (non-hydrogen) atoms. The highest BCUT2D eigenvalue weighted by molar-refractivity contribution is 5.93. The van der Waals surface area contributed by atoms with Crippen LogP contribution in [0.4, 0.5) is 5.69 Å². The third kappa shape index (κ3) is 2.14. The van der Waals surface area contributed by atoms with Gasteiger partial charge >= 0.3 is 0 Å². The van der Waals surface area contributed by atoms with Gasteiger partial charge in [-0.1, -0.05) is 18.2 Å². The van der Waals surface area contributed by atoms with Gasteiger partial charge < -0.3 is 5.32 Å². The molecule has 3 aromatic rings. The number of aryl methyl sites for hydroxylation is 1. The molecule has 0 saturated carbocycles. The molecule has 0 aliphatic heterocycles. The Morgan fingerprint density at radius 1 is 1.20 bits per heavy atom. The third-order valence-electron chi connectivity index (χ3n) is 3.05. The van der Waals surface area contributed by atoms with Crippen molar-refractivity contribution in [1.82, 2.24) is 14.6 Å². The maximum absolute atomic E-state index is 11.3. The summed E-state index contributed by atoms with van der Waals surface area (Å²) in [6, 6.07) is 11.4. The quantitative estimate of drug-likeness (QED) is 0.775. The summed E-state index contributed by atoms with van der Waals surface area (Å²) in [6.45, 7) is 3.45. The van der Waals surface area contributed by atoms with Crippen molar-refractivity contribution in [3.63, 3.8) is 0 Å². The van der Waals surface area contributed by atoms with E-state index in [0.29, 0.717) is 0 Å². The van der Waals surface area contributed by atoms with E-state index in [9.17, 15) is 4.79 Å². The molecule has 2 heterocycles. The molecule has 0 aliphatic rings. The fourth-order valence-corrected chi connectivity index (χ4v) is 2.14. The van der Waals surface area contributed by atoms with Gasteiger partial charge in [-0.25, -0.2) is 9.50 Å². The summed E-state index contributed by atoms with van der Waals surface area (Å²) in [5.41, 5.74) is 4.22. The molecule has 0 spiro atoms. The maximum atomic E-state index is 11.3. The van der Waals surface area contributed by atoms with Crippen molar-refractivity contribution in [3.05, 3.63) is 48.3 Å². The number of amides is 1. The fourth-order valence-electron chi connectivity index (χ4n) is 2.14. The Bertz CT molecular complexity index is 791. The molecule has 0 aliphatic carbocycles. The zero-order valence-electron chi connectivity index (χ0n) is 11.3. The first-order valence-corrected chi connectivity index (χ1v) is 6.33. The zero-order chi connectivity index (χ0) is 14.1. The molecule has 0 saturated heterocycles. The molecule has 0 atom stereocenters. The SMILES string of the molecule is CC(=O)Nc1ccccc1-c1ccc2ncc(C)n2n1. The predicted octanol–water partition coefficient (Wildman–Crippen LogP) is 2.66. The smallest absolute Gasteiger partial charge is 0.221 e. The van der Waals surface area contributed by atoms with E-state index in [2.05, 4.69) is 15.4 Å². The molecular formula is C15H14N4O. The number of aromatic nitrogens is 3. The minimum absolute atomic E-state index is 0.0997. The molecule has 1 amide bonds. The van der Waals surface area contributed by atoms with Gasteiger partial charge in [0.25, 0.3) is 0 Å². The van der Waals surface area contributed by atoms with E-state index in [1.807, 2.05) is 43.3 Å². The monoisotopic (exact) mass is 266 g/mol. The van der Waals surface area contributed by atoms with Gasteiger partial charge in [0.05, 0.1) is 23.3 Å². The zero-order valence-corrected chi connectivity index (χ0v) is 11.3. The first-order valence-electron chi connectivity index (χ1n) is 6.33. The number of carbonyl (C=O) groups is 1. The van der Waals surface area contributed by atoms with E-state index in [-0.39, 0.29) is 5.91 Å². The van der Waals surface area contributed by atoms with Crippen molar-refractivity contribution in [1.29, 1.82) is 0 Å². The average molecular weight is 266 g/mol. The number of hydrogen-bond acceptors (Lipinski definition) is 3. The lowest BCUT2D eigenvalue weighted by Crippen LogP contribution is -2.07. The average Bonchev–Trinajstić information content (AvgIpc) is 2.80. The number of para-hydroxylation sites is 1. The molecular weight excluding hydrogens is 252 g/mol. The van der Waals surface area contributed by atoms with E-state index in [0.717, 1.165) is 28.3 Å². The third-order valence-corrected chi connectivity index (χ3v) is 3.05. The second-order valence-corrected chi connectivity index (χ2v) is 4.61. The molecule has 5 heteroatoms. The number of carbonyl (C=O) groups excluding carboxylic acids is 1. The lowest BCUT2D eigenvalue weighted by atomic mass is 10.1. The van der Waals surface area contributed by atoms with E-state index in [4.69, 9.17) is 0 Å². The molecule has 1 aromatic carbocycles.